The number of alkyl halides is 2. The van der Waals surface area contributed by atoms with Gasteiger partial charge in [-0.05, 0) is 107 Å². The summed E-state index contributed by atoms with van der Waals surface area (Å²) in [6.07, 6.45) is -1.27. The molecule has 3 aromatic heterocycles. The number of rotatable bonds is 18. The second kappa shape index (κ2) is 29.5. The molecule has 9 rings (SSSR count). The summed E-state index contributed by atoms with van der Waals surface area (Å²) >= 11 is 5.60. The number of carbonyl (C=O) groups excluding carboxylic acids is 3. The summed E-state index contributed by atoms with van der Waals surface area (Å²) in [6, 6.07) is 45.7. The zero-order chi connectivity index (χ0) is 61.2. The van der Waals surface area contributed by atoms with Crippen LogP contribution < -0.4 is 30.2 Å². The minimum atomic E-state index is -0.737. The largest absolute Gasteiger partial charge is 0.497 e. The number of amides is 3. The molecule has 20 heteroatoms. The Hall–Kier alpha value is -10.4. The van der Waals surface area contributed by atoms with E-state index in [-0.39, 0.29) is 13.2 Å². The number of benzene rings is 6. The van der Waals surface area contributed by atoms with E-state index in [1.807, 2.05) is 122 Å². The molecule has 0 aliphatic carbocycles. The molecule has 0 spiro atoms. The highest BCUT2D eigenvalue weighted by Crippen LogP contribution is 2.39. The Balaban J connectivity index is 0.000000183. The number of hydrogen-bond acceptors (Lipinski definition) is 12. The first-order valence-corrected chi connectivity index (χ1v) is 27.5. The fourth-order valence-electron chi connectivity index (χ4n) is 9.79. The first-order valence-electron chi connectivity index (χ1n) is 27.0. The molecule has 0 saturated heterocycles. The highest BCUT2D eigenvalue weighted by Gasteiger charge is 2.23. The standard InChI is InChI=1S/C22H22ClN3O3.C22H21N3O3.C21H20FN3O3/c1-3-26-20-13-17(28-2)8-9-18(20)19(14-24)21(26)15-6-4-7-16(12-15)25-22(27)29-11-5-10-23;1-5-25-20-12-17(27-4)9-10-18(20)19(13-23)21(25)15-7-6-8-16(11-15)24-22(26)28-14(2)3;1-3-25-19-12-16(27-2)7-8-17(19)18(13-23)20(25)14-5-4-6-15(11-14)24-21(26)28-10-9-22/h4,6-9,12-13H,3,5,10-11H2,1-2H3,(H,25,27);6-12H,2,5H2,1,3-4H3,(H,24,26);4-8,11-12H,3,9-10H2,1-2H3,(H,24,26). The quantitative estimate of drug-likeness (QED) is 0.0315. The smallest absolute Gasteiger partial charge is 0.416 e. The Kier molecular flexibility index (Phi) is 21.6. The number of anilines is 3. The van der Waals surface area contributed by atoms with E-state index in [0.717, 1.165) is 78.0 Å². The number of aromatic nitrogens is 3. The SMILES string of the molecule is C=C(C)OC(=O)Nc1cccc(-c2c(C#N)c3ccc(OC)cc3n2CC)c1.CCn1c(-c2cccc(NC(=O)OCCCCl)c2)c(C#N)c2ccc(OC)cc21.CCn1c(-c2cccc(NC(=O)OCCF)c2)c(C#N)c2ccc(OC)cc21. The molecule has 0 fully saturated rings. The minimum Gasteiger partial charge on any atom is -0.497 e. The van der Waals surface area contributed by atoms with Crippen molar-refractivity contribution in [2.45, 2.75) is 53.8 Å². The number of nitriles is 3. The van der Waals surface area contributed by atoms with Gasteiger partial charge >= 0.3 is 18.3 Å². The maximum absolute atomic E-state index is 12.2. The molecule has 0 aliphatic heterocycles. The number of ether oxygens (including phenoxy) is 6. The van der Waals surface area contributed by atoms with Crippen molar-refractivity contribution >= 4 is 79.7 Å². The van der Waals surface area contributed by atoms with Crippen molar-refractivity contribution in [2.75, 3.05) is 63.0 Å². The van der Waals surface area contributed by atoms with Gasteiger partial charge in [0.25, 0.3) is 0 Å². The van der Waals surface area contributed by atoms with E-state index in [2.05, 4.69) is 49.9 Å². The zero-order valence-corrected chi connectivity index (χ0v) is 48.9. The fraction of sp³-hybridized carbons (Fsp3) is 0.231. The number of fused-ring (bicyclic) bond motifs is 3. The summed E-state index contributed by atoms with van der Waals surface area (Å²) in [5, 5.41) is 40.0. The second-order valence-corrected chi connectivity index (χ2v) is 19.0. The van der Waals surface area contributed by atoms with Gasteiger partial charge in [-0.1, -0.05) is 43.0 Å². The van der Waals surface area contributed by atoms with Crippen molar-refractivity contribution < 1.29 is 47.2 Å². The van der Waals surface area contributed by atoms with Crippen molar-refractivity contribution in [1.82, 2.24) is 13.7 Å². The third-order valence-electron chi connectivity index (χ3n) is 13.3. The summed E-state index contributed by atoms with van der Waals surface area (Å²) in [5.74, 6) is 2.92. The summed E-state index contributed by atoms with van der Waals surface area (Å²) in [7, 11) is 4.84. The Labute approximate surface area is 496 Å². The van der Waals surface area contributed by atoms with Crippen LogP contribution in [0.1, 0.15) is 50.8 Å². The molecule has 0 radical (unpaired) electrons. The van der Waals surface area contributed by atoms with Crippen LogP contribution in [0.25, 0.3) is 66.5 Å². The van der Waals surface area contributed by atoms with Gasteiger partial charge < -0.3 is 42.1 Å². The third kappa shape index (κ3) is 14.4. The Bertz CT molecular complexity index is 4050. The van der Waals surface area contributed by atoms with E-state index in [9.17, 15) is 34.6 Å². The maximum atomic E-state index is 12.2. The average Bonchev–Trinajstić information content (AvgIpc) is 2.18. The van der Waals surface area contributed by atoms with Gasteiger partial charge in [0.15, 0.2) is 0 Å². The molecular formula is C65H63ClFN9O9. The van der Waals surface area contributed by atoms with E-state index in [1.54, 1.807) is 58.6 Å². The number of nitrogens with one attached hydrogen (secondary N) is 3. The molecule has 3 heterocycles. The van der Waals surface area contributed by atoms with Crippen LogP contribution in [-0.2, 0) is 33.8 Å². The summed E-state index contributed by atoms with van der Waals surface area (Å²) < 4.78 is 49.1. The van der Waals surface area contributed by atoms with Crippen LogP contribution in [0.15, 0.2) is 140 Å². The van der Waals surface area contributed by atoms with Gasteiger partial charge in [-0.25, -0.2) is 18.8 Å². The third-order valence-corrected chi connectivity index (χ3v) is 13.6. The Morgan fingerprint density at radius 2 is 0.871 bits per heavy atom. The van der Waals surface area contributed by atoms with E-state index in [0.29, 0.717) is 77.2 Å². The molecule has 0 bridgehead atoms. The summed E-state index contributed by atoms with van der Waals surface area (Å²) in [6.45, 7) is 12.4. The molecule has 436 valence electrons. The van der Waals surface area contributed by atoms with Crippen molar-refractivity contribution in [1.29, 1.82) is 15.8 Å². The molecule has 0 aliphatic rings. The predicted molar refractivity (Wildman–Crippen MR) is 329 cm³/mol. The predicted octanol–water partition coefficient (Wildman–Crippen LogP) is 15.4. The topological polar surface area (TPSA) is 229 Å². The van der Waals surface area contributed by atoms with Crippen molar-refractivity contribution in [3.63, 3.8) is 0 Å². The highest BCUT2D eigenvalue weighted by atomic mass is 35.5. The average molecular weight is 1170 g/mol. The molecule has 85 heavy (non-hydrogen) atoms. The Morgan fingerprint density at radius 3 is 1.16 bits per heavy atom. The van der Waals surface area contributed by atoms with Crippen LogP contribution in [0.5, 0.6) is 17.2 Å². The fourth-order valence-corrected chi connectivity index (χ4v) is 9.90. The van der Waals surface area contributed by atoms with Gasteiger partial charge in [-0.3, -0.25) is 16.0 Å². The molecule has 18 nitrogen and oxygen atoms in total. The van der Waals surface area contributed by atoms with Crippen LogP contribution >= 0.6 is 11.6 Å². The van der Waals surface area contributed by atoms with Crippen LogP contribution in [0.2, 0.25) is 0 Å². The molecule has 3 amide bonds. The number of methoxy groups -OCH3 is 3. The first-order chi connectivity index (χ1) is 41.2. The highest BCUT2D eigenvalue weighted by molar-refractivity contribution is 6.17. The van der Waals surface area contributed by atoms with Gasteiger partial charge in [0.05, 0.1) is 84.0 Å². The number of carbonyl (C=O) groups is 3. The summed E-state index contributed by atoms with van der Waals surface area (Å²) in [4.78, 5) is 35.5. The van der Waals surface area contributed by atoms with Gasteiger partial charge in [0, 0.05) is 93.6 Å². The van der Waals surface area contributed by atoms with Gasteiger partial charge in [0.1, 0.15) is 48.7 Å². The maximum Gasteiger partial charge on any atom is 0.416 e. The van der Waals surface area contributed by atoms with E-state index < -0.39 is 25.0 Å². The van der Waals surface area contributed by atoms with Crippen molar-refractivity contribution in [3.05, 3.63) is 156 Å². The lowest BCUT2D eigenvalue weighted by molar-refractivity contribution is 0.152. The second-order valence-electron chi connectivity index (χ2n) is 18.6. The van der Waals surface area contributed by atoms with Crippen LogP contribution in [-0.4, -0.2) is 79.1 Å². The van der Waals surface area contributed by atoms with Crippen LogP contribution in [0, 0.1) is 34.0 Å². The lowest BCUT2D eigenvalue weighted by Gasteiger charge is -2.11. The van der Waals surface area contributed by atoms with Gasteiger partial charge in [-0.2, -0.15) is 15.8 Å². The molecule has 6 aromatic carbocycles. The molecule has 0 unspecified atom stereocenters. The lowest BCUT2D eigenvalue weighted by Crippen LogP contribution is -2.15. The number of aryl methyl sites for hydroxylation is 3. The molecule has 9 aromatic rings. The van der Waals surface area contributed by atoms with Crippen LogP contribution in [0.3, 0.4) is 0 Å². The van der Waals surface area contributed by atoms with E-state index >= 15 is 0 Å². The number of hydrogen-bond donors (Lipinski definition) is 3. The Morgan fingerprint density at radius 1 is 0.529 bits per heavy atom. The molecule has 0 atom stereocenters. The van der Waals surface area contributed by atoms with Crippen LogP contribution in [0.4, 0.5) is 35.8 Å². The monoisotopic (exact) mass is 1170 g/mol. The van der Waals surface area contributed by atoms with Gasteiger partial charge in [0.2, 0.25) is 0 Å². The minimum absolute atomic E-state index is 0.263. The number of nitrogens with zero attached hydrogens (tertiary/aromatic N) is 6. The van der Waals surface area contributed by atoms with Crippen molar-refractivity contribution in [2.24, 2.45) is 0 Å². The molecule has 3 N–H and O–H groups in total. The van der Waals surface area contributed by atoms with Crippen molar-refractivity contribution in [3.8, 4) is 69.2 Å². The number of halogens is 2. The molecular weight excluding hydrogens is 1110 g/mol. The number of allylic oxidation sites excluding steroid dienone is 1. The lowest BCUT2D eigenvalue weighted by atomic mass is 10.1. The van der Waals surface area contributed by atoms with Gasteiger partial charge in [-0.15, -0.1) is 11.6 Å². The first kappa shape index (κ1) is 62.2. The van der Waals surface area contributed by atoms with E-state index in [1.165, 1.54) is 0 Å². The zero-order valence-electron chi connectivity index (χ0n) is 48.1. The molecule has 0 saturated carbocycles. The van der Waals surface area contributed by atoms with E-state index in [4.69, 9.17) is 40.0 Å². The summed E-state index contributed by atoms with van der Waals surface area (Å²) in [5.41, 5.74) is 10.9. The normalized spacial score (nSPS) is 10.5.